The van der Waals surface area contributed by atoms with Gasteiger partial charge >= 0.3 is 6.61 Å². The van der Waals surface area contributed by atoms with Crippen LogP contribution in [0, 0.1) is 12.8 Å². The molecule has 8 heteroatoms. The Kier molecular flexibility index (Phi) is 11.7. The van der Waals surface area contributed by atoms with Gasteiger partial charge < -0.3 is 20.3 Å². The van der Waals surface area contributed by atoms with E-state index < -0.39 is 6.61 Å². The van der Waals surface area contributed by atoms with Crippen molar-refractivity contribution in [2.75, 3.05) is 33.2 Å². The number of nitrogens with zero attached hydrogens (tertiary/aromatic N) is 2. The number of rotatable bonds is 8. The van der Waals surface area contributed by atoms with Crippen molar-refractivity contribution in [3.63, 3.8) is 0 Å². The molecule has 0 unspecified atom stereocenters. The number of aliphatic imine (C=N–C) groups is 1. The summed E-state index contributed by atoms with van der Waals surface area (Å²) in [5, 5.41) is 6.51. The first-order chi connectivity index (χ1) is 13.0. The summed E-state index contributed by atoms with van der Waals surface area (Å²) in [6, 6.07) is 5.19. The maximum absolute atomic E-state index is 12.6. The third kappa shape index (κ3) is 8.46. The van der Waals surface area contributed by atoms with Gasteiger partial charge in [0.2, 0.25) is 0 Å². The molecule has 1 aromatic rings. The number of piperidine rings is 1. The average molecular weight is 510 g/mol. The lowest BCUT2D eigenvalue weighted by atomic mass is 9.93. The van der Waals surface area contributed by atoms with Crippen molar-refractivity contribution in [1.82, 2.24) is 15.5 Å². The van der Waals surface area contributed by atoms with Crippen LogP contribution in [0.1, 0.15) is 37.3 Å². The number of nitrogens with one attached hydrogen (secondary N) is 2. The number of alkyl halides is 2. The van der Waals surface area contributed by atoms with Gasteiger partial charge in [-0.2, -0.15) is 8.78 Å². The predicted molar refractivity (Wildman–Crippen MR) is 121 cm³/mol. The molecule has 1 aromatic carbocycles. The second-order valence-electron chi connectivity index (χ2n) is 7.01. The molecule has 0 amide bonds. The fraction of sp³-hybridized carbons (Fsp3) is 0.650. The summed E-state index contributed by atoms with van der Waals surface area (Å²) in [5.41, 5.74) is 1.68. The Morgan fingerprint density at radius 3 is 2.61 bits per heavy atom. The van der Waals surface area contributed by atoms with Gasteiger partial charge in [0.15, 0.2) is 5.96 Å². The smallest absolute Gasteiger partial charge is 0.387 e. The largest absolute Gasteiger partial charge is 0.434 e. The Bertz CT molecular complexity index is 608. The first-order valence-electron chi connectivity index (χ1n) is 9.73. The van der Waals surface area contributed by atoms with Crippen molar-refractivity contribution < 1.29 is 13.5 Å². The van der Waals surface area contributed by atoms with Crippen molar-refractivity contribution in [2.24, 2.45) is 10.9 Å². The maximum Gasteiger partial charge on any atom is 0.387 e. The molecule has 0 spiro atoms. The number of benzene rings is 1. The molecular weight excluding hydrogens is 477 g/mol. The third-order valence-corrected chi connectivity index (χ3v) is 5.10. The Balaban J connectivity index is 0.00000392. The zero-order valence-electron chi connectivity index (χ0n) is 17.0. The highest BCUT2D eigenvalue weighted by molar-refractivity contribution is 14.0. The Morgan fingerprint density at radius 1 is 1.29 bits per heavy atom. The number of halogens is 3. The first-order valence-corrected chi connectivity index (χ1v) is 9.73. The predicted octanol–water partition coefficient (Wildman–Crippen LogP) is 4.00. The van der Waals surface area contributed by atoms with Crippen molar-refractivity contribution in [1.29, 1.82) is 0 Å². The molecule has 0 aromatic heterocycles. The van der Waals surface area contributed by atoms with Crippen LogP contribution in [0.3, 0.4) is 0 Å². The molecule has 2 N–H and O–H groups in total. The molecular formula is C20H33F2IN4O. The van der Waals surface area contributed by atoms with Crippen LogP contribution in [-0.2, 0) is 6.54 Å². The van der Waals surface area contributed by atoms with Crippen LogP contribution in [0.4, 0.5) is 8.78 Å². The third-order valence-electron chi connectivity index (χ3n) is 5.10. The van der Waals surface area contributed by atoms with Gasteiger partial charge in [0.1, 0.15) is 5.75 Å². The monoisotopic (exact) mass is 510 g/mol. The molecule has 2 rings (SSSR count). The van der Waals surface area contributed by atoms with Gasteiger partial charge in [-0.1, -0.05) is 24.6 Å². The van der Waals surface area contributed by atoms with E-state index in [0.29, 0.717) is 18.1 Å². The van der Waals surface area contributed by atoms with Crippen LogP contribution in [0.25, 0.3) is 0 Å². The van der Waals surface area contributed by atoms with E-state index in [9.17, 15) is 8.78 Å². The molecule has 0 bridgehead atoms. The number of ether oxygens (including phenoxy) is 1. The summed E-state index contributed by atoms with van der Waals surface area (Å²) in [5.74, 6) is 1.62. The first kappa shape index (κ1) is 24.9. The van der Waals surface area contributed by atoms with Gasteiger partial charge in [0.05, 0.1) is 0 Å². The SMILES string of the molecule is CCN1CCC(CCNC(=NC)NCc2cc(C)ccc2OC(F)F)CC1.I. The maximum atomic E-state index is 12.6. The second kappa shape index (κ2) is 13.1. The summed E-state index contributed by atoms with van der Waals surface area (Å²) >= 11 is 0. The molecule has 1 saturated heterocycles. The van der Waals surface area contributed by atoms with Gasteiger partial charge in [-0.15, -0.1) is 24.0 Å². The molecule has 160 valence electrons. The molecule has 0 aliphatic carbocycles. The quantitative estimate of drug-likeness (QED) is 0.316. The van der Waals surface area contributed by atoms with E-state index in [1.54, 1.807) is 19.2 Å². The van der Waals surface area contributed by atoms with Crippen molar-refractivity contribution in [2.45, 2.75) is 46.3 Å². The molecule has 5 nitrogen and oxygen atoms in total. The molecule has 1 aliphatic rings. The van der Waals surface area contributed by atoms with Crippen LogP contribution in [-0.4, -0.2) is 50.7 Å². The van der Waals surface area contributed by atoms with Gasteiger partial charge in [0, 0.05) is 25.7 Å². The number of hydrogen-bond donors (Lipinski definition) is 2. The number of aryl methyl sites for hydroxylation is 1. The Morgan fingerprint density at radius 2 is 2.00 bits per heavy atom. The van der Waals surface area contributed by atoms with E-state index in [1.165, 1.54) is 25.9 Å². The lowest BCUT2D eigenvalue weighted by Gasteiger charge is -2.31. The van der Waals surface area contributed by atoms with Crippen molar-refractivity contribution in [3.8, 4) is 5.75 Å². The zero-order valence-corrected chi connectivity index (χ0v) is 19.3. The van der Waals surface area contributed by atoms with Gasteiger partial charge in [-0.3, -0.25) is 4.99 Å². The zero-order chi connectivity index (χ0) is 19.6. The minimum atomic E-state index is -2.83. The molecule has 0 radical (unpaired) electrons. The van der Waals surface area contributed by atoms with Crippen LogP contribution >= 0.6 is 24.0 Å². The van der Waals surface area contributed by atoms with E-state index >= 15 is 0 Å². The van der Waals surface area contributed by atoms with Crippen molar-refractivity contribution in [3.05, 3.63) is 29.3 Å². The van der Waals surface area contributed by atoms with Crippen molar-refractivity contribution >= 4 is 29.9 Å². The minimum Gasteiger partial charge on any atom is -0.434 e. The normalized spacial score (nSPS) is 16.0. The standard InChI is InChI=1S/C20H32F2N4O.HI/c1-4-26-11-8-16(9-12-26)7-10-24-20(23-3)25-14-17-13-15(2)5-6-18(17)27-19(21)22;/h5-6,13,16,19H,4,7-12,14H2,1-3H3,(H2,23,24,25);1H. The Labute approximate surface area is 184 Å². The summed E-state index contributed by atoms with van der Waals surface area (Å²) < 4.78 is 29.8. The molecule has 1 aliphatic heterocycles. The second-order valence-corrected chi connectivity index (χ2v) is 7.01. The lowest BCUT2D eigenvalue weighted by molar-refractivity contribution is -0.0504. The topological polar surface area (TPSA) is 48.9 Å². The summed E-state index contributed by atoms with van der Waals surface area (Å²) in [6.45, 7) is 6.04. The molecule has 0 saturated carbocycles. The summed E-state index contributed by atoms with van der Waals surface area (Å²) in [7, 11) is 1.71. The highest BCUT2D eigenvalue weighted by Crippen LogP contribution is 2.22. The summed E-state index contributed by atoms with van der Waals surface area (Å²) in [6.07, 6.45) is 3.61. The summed E-state index contributed by atoms with van der Waals surface area (Å²) in [4.78, 5) is 6.71. The molecule has 1 heterocycles. The molecule has 1 fully saturated rings. The van der Waals surface area contributed by atoms with Gasteiger partial charge in [-0.25, -0.2) is 0 Å². The van der Waals surface area contributed by atoms with Crippen LogP contribution in [0.15, 0.2) is 23.2 Å². The van der Waals surface area contributed by atoms with Gasteiger partial charge in [0.25, 0.3) is 0 Å². The Hall–Kier alpha value is -1.16. The van der Waals surface area contributed by atoms with Crippen LogP contribution in [0.2, 0.25) is 0 Å². The van der Waals surface area contributed by atoms with Gasteiger partial charge in [-0.05, 0) is 57.8 Å². The van der Waals surface area contributed by atoms with E-state index in [0.717, 1.165) is 31.0 Å². The number of guanidine groups is 1. The highest BCUT2D eigenvalue weighted by atomic mass is 127. The highest BCUT2D eigenvalue weighted by Gasteiger charge is 2.17. The number of likely N-dealkylation sites (tertiary alicyclic amines) is 1. The number of hydrogen-bond acceptors (Lipinski definition) is 3. The van der Waals surface area contributed by atoms with Crippen LogP contribution < -0.4 is 15.4 Å². The average Bonchev–Trinajstić information content (AvgIpc) is 2.66. The lowest BCUT2D eigenvalue weighted by Crippen LogP contribution is -2.39. The molecule has 28 heavy (non-hydrogen) atoms. The van der Waals surface area contributed by atoms with E-state index in [2.05, 4.69) is 32.2 Å². The minimum absolute atomic E-state index is 0. The van der Waals surface area contributed by atoms with Crippen LogP contribution in [0.5, 0.6) is 5.75 Å². The molecule has 0 atom stereocenters. The fourth-order valence-corrected chi connectivity index (χ4v) is 3.44. The van der Waals surface area contributed by atoms with E-state index in [-0.39, 0.29) is 29.7 Å². The van der Waals surface area contributed by atoms with E-state index in [1.807, 2.05) is 13.0 Å². The van der Waals surface area contributed by atoms with E-state index in [4.69, 9.17) is 0 Å². The fourth-order valence-electron chi connectivity index (χ4n) is 3.44.